The van der Waals surface area contributed by atoms with Gasteiger partial charge >= 0.3 is 190 Å². The van der Waals surface area contributed by atoms with E-state index in [9.17, 15) is 290 Å². The molecule has 0 aliphatic carbocycles. The zero-order valence-electron chi connectivity index (χ0n) is 40.9. The van der Waals surface area contributed by atoms with E-state index in [0.29, 0.717) is 0 Å². The van der Waals surface area contributed by atoms with E-state index in [4.69, 9.17) is 0 Å². The fourth-order valence-corrected chi connectivity index (χ4v) is 5.88. The first-order chi connectivity index (χ1) is 40.8. The van der Waals surface area contributed by atoms with Crippen LogP contribution in [0.3, 0.4) is 0 Å². The van der Waals surface area contributed by atoms with E-state index in [1.807, 2.05) is 0 Å². The van der Waals surface area contributed by atoms with E-state index in [-0.39, 0.29) is 0 Å². The first-order valence-electron chi connectivity index (χ1n) is 20.2. The number of halogens is 66. The predicted molar refractivity (Wildman–Crippen MR) is 161 cm³/mol. The minimum Gasteiger partial charge on any atom is -0.192 e. The molecule has 0 saturated carbocycles. The van der Waals surface area contributed by atoms with Crippen molar-refractivity contribution in [3.05, 3.63) is 0 Å². The minimum absolute atomic E-state index is 8.75. The third-order valence-electron chi connectivity index (χ3n) is 12.1. The fourth-order valence-electron chi connectivity index (χ4n) is 5.88. The van der Waals surface area contributed by atoms with Gasteiger partial charge in [0.1, 0.15) is 0 Å². The molecular weight excluding hydrogens is 1640 g/mol. The second-order valence-corrected chi connectivity index (χ2v) is 18.2. The molecule has 0 unspecified atom stereocenters. The highest BCUT2D eigenvalue weighted by molar-refractivity contribution is 5.26. The lowest BCUT2D eigenvalue weighted by Gasteiger charge is -2.48. The highest BCUT2D eigenvalue weighted by Crippen LogP contribution is 2.75. The van der Waals surface area contributed by atoms with Crippen LogP contribution >= 0.6 is 0 Å². The Labute approximate surface area is 481 Å². The van der Waals surface area contributed by atoms with E-state index in [2.05, 4.69) is 0 Å². The van der Waals surface area contributed by atoms with Crippen molar-refractivity contribution in [3.63, 3.8) is 0 Å². The lowest BCUT2D eigenvalue weighted by Crippen LogP contribution is -2.81. The first kappa shape index (κ1) is 93.4. The third-order valence-corrected chi connectivity index (χ3v) is 12.1. The SMILES string of the molecule is FC(F)(F)C(F)(F)C(F)(F)C(F)(F)C(F)(F)C(F)(F)C(F)(F)C(F)(F)C(F)(F)C(F)(F)C(F)(F)C(F)(F)C(F)(F)C(F)(F)C(F)(F)C(F)(F)C(F)(F)C(F)(F)C(F)(F)C(F)(F)C(F)(F)C(F)(F)C(F)(F)C(F)(F)C(F)(F)C(F)(F)C(F)(F)C(F)(F)C(F)(F)C(F)(F)C(F)(F)C(F)(F)F. The van der Waals surface area contributed by atoms with Crippen LogP contribution in [0.15, 0.2) is 0 Å². The Morgan fingerprint density at radius 2 is 0.0816 bits per heavy atom. The van der Waals surface area contributed by atoms with Crippen molar-refractivity contribution in [1.29, 1.82) is 0 Å². The zero-order valence-corrected chi connectivity index (χ0v) is 40.9. The van der Waals surface area contributed by atoms with Crippen molar-refractivity contribution in [1.82, 2.24) is 0 Å². The van der Waals surface area contributed by atoms with Gasteiger partial charge in [-0.05, 0) is 0 Å². The molecule has 0 radical (unpaired) electrons. The van der Waals surface area contributed by atoms with Gasteiger partial charge in [0, 0.05) is 0 Å². The van der Waals surface area contributed by atoms with Crippen molar-refractivity contribution < 1.29 is 290 Å². The van der Waals surface area contributed by atoms with E-state index in [1.54, 1.807) is 0 Å². The van der Waals surface area contributed by atoms with Crippen LogP contribution in [0.5, 0.6) is 0 Å². The lowest BCUT2D eigenvalue weighted by atomic mass is 9.80. The van der Waals surface area contributed by atoms with Gasteiger partial charge in [-0.3, -0.25) is 0 Å². The molecule has 0 fully saturated rings. The van der Waals surface area contributed by atoms with Crippen molar-refractivity contribution in [2.45, 2.75) is 190 Å². The molecule has 0 saturated heterocycles. The second-order valence-electron chi connectivity index (χ2n) is 18.2. The van der Waals surface area contributed by atoms with Crippen LogP contribution in [0.1, 0.15) is 0 Å². The van der Waals surface area contributed by atoms with Gasteiger partial charge < -0.3 is 0 Å². The monoisotopic (exact) mass is 1640 g/mol. The summed E-state index contributed by atoms with van der Waals surface area (Å²) < 4.78 is 910. The van der Waals surface area contributed by atoms with Gasteiger partial charge in [-0.25, -0.2) is 0 Å². The Morgan fingerprint density at radius 3 is 0.112 bits per heavy atom. The van der Waals surface area contributed by atoms with Crippen LogP contribution in [-0.2, 0) is 0 Å². The number of hydrogen-bond acceptors (Lipinski definition) is 0. The lowest BCUT2D eigenvalue weighted by molar-refractivity contribution is -0.501. The maximum Gasteiger partial charge on any atom is 0.460 e. The predicted octanol–water partition coefficient (Wildman–Crippen LogP) is 21.2. The van der Waals surface area contributed by atoms with E-state index in [1.165, 1.54) is 0 Å². The van der Waals surface area contributed by atoms with Crippen LogP contribution in [0.4, 0.5) is 290 Å². The van der Waals surface area contributed by atoms with E-state index in [0.717, 1.165) is 0 Å². The molecule has 0 spiro atoms. The van der Waals surface area contributed by atoms with Gasteiger partial charge in [0.25, 0.3) is 0 Å². The number of rotatable bonds is 29. The summed E-state index contributed by atoms with van der Waals surface area (Å²) in [5, 5.41) is 0. The summed E-state index contributed by atoms with van der Waals surface area (Å²) in [6.45, 7) is 0. The van der Waals surface area contributed by atoms with Gasteiger partial charge in [-0.2, -0.15) is 290 Å². The largest absolute Gasteiger partial charge is 0.460 e. The molecular formula is C32F66. The Balaban J connectivity index is 8.45. The molecule has 590 valence electrons. The summed E-state index contributed by atoms with van der Waals surface area (Å²) in [6, 6.07) is 0. The van der Waals surface area contributed by atoms with Crippen LogP contribution in [0.2, 0.25) is 0 Å². The van der Waals surface area contributed by atoms with Crippen molar-refractivity contribution in [2.75, 3.05) is 0 Å². The molecule has 0 aliphatic heterocycles. The average Bonchev–Trinajstić information content (AvgIpc) is 3.35. The van der Waals surface area contributed by atoms with Crippen molar-refractivity contribution in [3.8, 4) is 0 Å². The molecule has 0 aromatic carbocycles. The molecule has 0 nitrogen and oxygen atoms in total. The Kier molecular flexibility index (Phi) is 20.9. The highest BCUT2D eigenvalue weighted by Gasteiger charge is 3.07. The summed E-state index contributed by atoms with van der Waals surface area (Å²) in [7, 11) is 0. The van der Waals surface area contributed by atoms with Crippen LogP contribution in [0.25, 0.3) is 0 Å². The van der Waals surface area contributed by atoms with E-state index >= 15 is 0 Å². The summed E-state index contributed by atoms with van der Waals surface area (Å²) in [5.74, 6) is -324. The Morgan fingerprint density at radius 1 is 0.0510 bits per heavy atom. The van der Waals surface area contributed by atoms with Crippen molar-refractivity contribution >= 4 is 0 Å². The topological polar surface area (TPSA) is 0 Å². The molecule has 0 N–H and O–H groups in total. The number of hydrogen-bond donors (Lipinski definition) is 0. The smallest absolute Gasteiger partial charge is 0.192 e. The number of alkyl halides is 66. The van der Waals surface area contributed by atoms with Gasteiger partial charge in [0.2, 0.25) is 0 Å². The second kappa shape index (κ2) is 22.0. The molecule has 0 bridgehead atoms. The molecule has 0 aliphatic rings. The molecule has 0 heterocycles. The summed E-state index contributed by atoms with van der Waals surface area (Å²) in [6.07, 6.45) is -17.5. The quantitative estimate of drug-likeness (QED) is 0.0655. The summed E-state index contributed by atoms with van der Waals surface area (Å²) >= 11 is 0. The van der Waals surface area contributed by atoms with Gasteiger partial charge in [0.15, 0.2) is 0 Å². The first-order valence-corrected chi connectivity index (χ1v) is 20.2. The standard InChI is InChI=1S/C32F66/c33-1(34,3(37,38)5(41,42)7(45,46)9(49,50)11(53,54)13(57,58)15(61,62)17(65,66)19(69,70)21(73,74)23(77,78)25(81,82)27(85,86)29(89,90)31(93,94)95)2(35,36)4(39,40)6(43,44)8(47,48)10(51,52)12(55,56)14(59,60)16(63,64)18(67,68)20(71,72)22(75,76)24(79,80)26(83,84)28(87,88)30(91,92)32(96,97)98. The molecule has 98 heavy (non-hydrogen) atoms. The maximum atomic E-state index is 14.3. The summed E-state index contributed by atoms with van der Waals surface area (Å²) in [5.41, 5.74) is 0. The summed E-state index contributed by atoms with van der Waals surface area (Å²) in [4.78, 5) is 0. The van der Waals surface area contributed by atoms with Crippen LogP contribution in [-0.4, -0.2) is 190 Å². The third kappa shape index (κ3) is 9.91. The average molecular weight is 1640 g/mol. The molecule has 66 heteroatoms. The molecule has 0 atom stereocenters. The fraction of sp³-hybridized carbons (Fsp3) is 1.00. The highest BCUT2D eigenvalue weighted by atomic mass is 19.5. The van der Waals surface area contributed by atoms with Crippen LogP contribution < -0.4 is 0 Å². The van der Waals surface area contributed by atoms with Gasteiger partial charge in [-0.1, -0.05) is 0 Å². The molecule has 0 amide bonds. The maximum absolute atomic E-state index is 14.3. The van der Waals surface area contributed by atoms with Gasteiger partial charge in [-0.15, -0.1) is 0 Å². The Bertz CT molecular complexity index is 2670. The molecule has 0 aromatic heterocycles. The van der Waals surface area contributed by atoms with Crippen LogP contribution in [0, 0.1) is 0 Å². The van der Waals surface area contributed by atoms with E-state index < -0.39 is 190 Å². The minimum atomic E-state index is -11.3. The Hall–Kier alpha value is -4.62. The van der Waals surface area contributed by atoms with Crippen molar-refractivity contribution in [2.24, 2.45) is 0 Å². The van der Waals surface area contributed by atoms with Gasteiger partial charge in [0.05, 0.1) is 0 Å². The zero-order chi connectivity index (χ0) is 82.0. The molecule has 0 aromatic rings. The molecule has 0 rings (SSSR count). The normalized spacial score (nSPS) is 17.7.